The van der Waals surface area contributed by atoms with Crippen molar-refractivity contribution in [2.45, 2.75) is 6.92 Å². The monoisotopic (exact) mass is 274 g/mol. The van der Waals surface area contributed by atoms with Crippen LogP contribution in [-0.4, -0.2) is 13.0 Å². The molecule has 98 valence electrons. The van der Waals surface area contributed by atoms with E-state index in [0.29, 0.717) is 16.3 Å². The second kappa shape index (κ2) is 5.33. The molecular weight excluding hydrogens is 260 g/mol. The third kappa shape index (κ3) is 2.71. The number of nitrogens with zero attached hydrogens (tertiary/aromatic N) is 1. The summed E-state index contributed by atoms with van der Waals surface area (Å²) in [6, 6.07) is 12.6. The molecule has 0 saturated heterocycles. The molecule has 19 heavy (non-hydrogen) atoms. The summed E-state index contributed by atoms with van der Waals surface area (Å²) < 4.78 is 0. The minimum Gasteiger partial charge on any atom is -0.399 e. The molecule has 0 aliphatic rings. The molecule has 1 amide bonds. The van der Waals surface area contributed by atoms with Gasteiger partial charge in [-0.2, -0.15) is 0 Å². The zero-order valence-corrected chi connectivity index (χ0v) is 11.6. The van der Waals surface area contributed by atoms with Crippen LogP contribution >= 0.6 is 11.6 Å². The van der Waals surface area contributed by atoms with Gasteiger partial charge in [-0.25, -0.2) is 0 Å². The number of hydrogen-bond donors (Lipinski definition) is 1. The zero-order valence-electron chi connectivity index (χ0n) is 10.9. The number of carbonyl (C=O) groups excluding carboxylic acids is 1. The van der Waals surface area contributed by atoms with Crippen molar-refractivity contribution in [3.05, 3.63) is 58.6 Å². The lowest BCUT2D eigenvalue weighted by molar-refractivity contribution is 0.0993. The van der Waals surface area contributed by atoms with Crippen LogP contribution in [0.4, 0.5) is 11.4 Å². The average molecular weight is 275 g/mol. The van der Waals surface area contributed by atoms with Gasteiger partial charge in [-0.1, -0.05) is 23.7 Å². The van der Waals surface area contributed by atoms with E-state index in [0.717, 1.165) is 11.3 Å². The fraction of sp³-hybridized carbons (Fsp3) is 0.133. The first-order valence-corrected chi connectivity index (χ1v) is 6.27. The second-order valence-corrected chi connectivity index (χ2v) is 4.77. The minimum absolute atomic E-state index is 0.140. The van der Waals surface area contributed by atoms with Gasteiger partial charge in [0.15, 0.2) is 0 Å². The van der Waals surface area contributed by atoms with E-state index < -0.39 is 0 Å². The van der Waals surface area contributed by atoms with Crippen molar-refractivity contribution >= 4 is 28.9 Å². The van der Waals surface area contributed by atoms with Crippen LogP contribution in [0, 0.1) is 6.92 Å². The summed E-state index contributed by atoms with van der Waals surface area (Å²) in [5.74, 6) is -0.140. The molecule has 2 aromatic rings. The van der Waals surface area contributed by atoms with E-state index in [4.69, 9.17) is 17.3 Å². The number of amides is 1. The Balaban J connectivity index is 2.33. The predicted octanol–water partition coefficient (Wildman–Crippen LogP) is 3.51. The van der Waals surface area contributed by atoms with Crippen LogP contribution < -0.4 is 10.6 Å². The summed E-state index contributed by atoms with van der Waals surface area (Å²) in [5.41, 5.74) is 8.46. The van der Waals surface area contributed by atoms with Gasteiger partial charge in [0.25, 0.3) is 5.91 Å². The van der Waals surface area contributed by atoms with E-state index in [-0.39, 0.29) is 5.91 Å². The Morgan fingerprint density at radius 1 is 1.16 bits per heavy atom. The van der Waals surface area contributed by atoms with E-state index in [1.807, 2.05) is 19.1 Å². The Morgan fingerprint density at radius 2 is 1.79 bits per heavy atom. The Kier molecular flexibility index (Phi) is 3.76. The van der Waals surface area contributed by atoms with Crippen LogP contribution in [0.2, 0.25) is 5.02 Å². The average Bonchev–Trinajstić information content (AvgIpc) is 2.41. The van der Waals surface area contributed by atoms with Gasteiger partial charge in [0.1, 0.15) is 0 Å². The number of aryl methyl sites for hydroxylation is 1. The summed E-state index contributed by atoms with van der Waals surface area (Å²) in [7, 11) is 1.71. The van der Waals surface area contributed by atoms with Gasteiger partial charge in [-0.05, 0) is 42.8 Å². The first-order chi connectivity index (χ1) is 9.00. The summed E-state index contributed by atoms with van der Waals surface area (Å²) in [6.07, 6.45) is 0. The van der Waals surface area contributed by atoms with Crippen molar-refractivity contribution in [1.82, 2.24) is 0 Å². The lowest BCUT2D eigenvalue weighted by atomic mass is 10.1. The maximum atomic E-state index is 12.4. The highest BCUT2D eigenvalue weighted by molar-refractivity contribution is 6.35. The summed E-state index contributed by atoms with van der Waals surface area (Å²) in [5, 5.41) is 0.495. The quantitative estimate of drug-likeness (QED) is 0.852. The Hall–Kier alpha value is -2.00. The number of nitrogens with two attached hydrogens (primary N) is 1. The van der Waals surface area contributed by atoms with Gasteiger partial charge >= 0.3 is 0 Å². The van der Waals surface area contributed by atoms with E-state index in [1.165, 1.54) is 0 Å². The fourth-order valence-corrected chi connectivity index (χ4v) is 2.02. The summed E-state index contributed by atoms with van der Waals surface area (Å²) in [6.45, 7) is 1.88. The largest absolute Gasteiger partial charge is 0.399 e. The van der Waals surface area contributed by atoms with Crippen molar-refractivity contribution in [3.63, 3.8) is 0 Å². The lowest BCUT2D eigenvalue weighted by Gasteiger charge is -2.18. The van der Waals surface area contributed by atoms with Crippen LogP contribution in [0.5, 0.6) is 0 Å². The van der Waals surface area contributed by atoms with Crippen LogP contribution in [0.15, 0.2) is 42.5 Å². The number of carbonyl (C=O) groups is 1. The Morgan fingerprint density at radius 3 is 2.42 bits per heavy atom. The molecule has 0 bridgehead atoms. The SMILES string of the molecule is Cc1cccc(C(=O)N(C)c2ccc(N)cc2)c1Cl. The van der Waals surface area contributed by atoms with Crippen molar-refractivity contribution < 1.29 is 4.79 Å². The molecule has 0 fully saturated rings. The number of benzene rings is 2. The van der Waals surface area contributed by atoms with Crippen LogP contribution in [0.25, 0.3) is 0 Å². The molecule has 0 aliphatic heterocycles. The zero-order chi connectivity index (χ0) is 14.0. The van der Waals surface area contributed by atoms with Gasteiger partial charge in [-0.15, -0.1) is 0 Å². The second-order valence-electron chi connectivity index (χ2n) is 4.39. The van der Waals surface area contributed by atoms with E-state index in [2.05, 4.69) is 0 Å². The highest BCUT2D eigenvalue weighted by atomic mass is 35.5. The first kappa shape index (κ1) is 13.4. The number of nitrogen functional groups attached to an aromatic ring is 1. The van der Waals surface area contributed by atoms with Gasteiger partial charge in [0.2, 0.25) is 0 Å². The molecule has 2 aromatic carbocycles. The highest BCUT2D eigenvalue weighted by Gasteiger charge is 2.17. The lowest BCUT2D eigenvalue weighted by Crippen LogP contribution is -2.26. The molecular formula is C15H15ClN2O. The van der Waals surface area contributed by atoms with Gasteiger partial charge in [0.05, 0.1) is 10.6 Å². The maximum absolute atomic E-state index is 12.4. The molecule has 0 unspecified atom stereocenters. The van der Waals surface area contributed by atoms with Crippen molar-refractivity contribution in [1.29, 1.82) is 0 Å². The molecule has 0 aromatic heterocycles. The molecule has 0 heterocycles. The van der Waals surface area contributed by atoms with E-state index >= 15 is 0 Å². The normalized spacial score (nSPS) is 10.3. The molecule has 0 saturated carbocycles. The summed E-state index contributed by atoms with van der Waals surface area (Å²) >= 11 is 6.18. The highest BCUT2D eigenvalue weighted by Crippen LogP contribution is 2.24. The Bertz CT molecular complexity index is 608. The molecule has 2 rings (SSSR count). The van der Waals surface area contributed by atoms with Gasteiger partial charge in [0, 0.05) is 18.4 Å². The fourth-order valence-electron chi connectivity index (χ4n) is 1.81. The molecule has 0 atom stereocenters. The molecule has 2 N–H and O–H groups in total. The molecule has 4 heteroatoms. The van der Waals surface area contributed by atoms with Crippen LogP contribution in [0.1, 0.15) is 15.9 Å². The summed E-state index contributed by atoms with van der Waals surface area (Å²) in [4.78, 5) is 14.0. The molecule has 3 nitrogen and oxygen atoms in total. The Labute approximate surface area is 117 Å². The minimum atomic E-state index is -0.140. The van der Waals surface area contributed by atoms with Crippen molar-refractivity contribution in [2.75, 3.05) is 17.7 Å². The van der Waals surface area contributed by atoms with Gasteiger partial charge < -0.3 is 10.6 Å². The van der Waals surface area contributed by atoms with Crippen LogP contribution in [0.3, 0.4) is 0 Å². The van der Waals surface area contributed by atoms with Crippen molar-refractivity contribution in [3.8, 4) is 0 Å². The predicted molar refractivity (Wildman–Crippen MR) is 79.8 cm³/mol. The van der Waals surface area contributed by atoms with Crippen molar-refractivity contribution in [2.24, 2.45) is 0 Å². The third-order valence-corrected chi connectivity index (χ3v) is 3.51. The van der Waals surface area contributed by atoms with Gasteiger partial charge in [-0.3, -0.25) is 4.79 Å². The molecule has 0 radical (unpaired) electrons. The van der Waals surface area contributed by atoms with E-state index in [1.54, 1.807) is 42.3 Å². The number of hydrogen-bond acceptors (Lipinski definition) is 2. The standard InChI is InChI=1S/C15H15ClN2O/c1-10-4-3-5-13(14(10)16)15(19)18(2)12-8-6-11(17)7-9-12/h3-9H,17H2,1-2H3. The van der Waals surface area contributed by atoms with Crippen LogP contribution in [-0.2, 0) is 0 Å². The molecule has 0 spiro atoms. The first-order valence-electron chi connectivity index (χ1n) is 5.89. The molecule has 0 aliphatic carbocycles. The number of halogens is 1. The topological polar surface area (TPSA) is 46.3 Å². The smallest absolute Gasteiger partial charge is 0.259 e. The maximum Gasteiger partial charge on any atom is 0.259 e. The van der Waals surface area contributed by atoms with E-state index in [9.17, 15) is 4.79 Å². The number of anilines is 2. The number of rotatable bonds is 2. The third-order valence-electron chi connectivity index (χ3n) is 3.01.